The SMILES string of the molecule is C.CO[C@@H]1C(C(=O)O)O[C@@H](O[C@@H]2C(NC(C)=O)[C@H](C)OC(CO)[C@H]2O)C(O)[C@H]1O. The minimum absolute atomic E-state index is 0. The van der Waals surface area contributed by atoms with Crippen LogP contribution in [0.2, 0.25) is 0 Å². The van der Waals surface area contributed by atoms with Gasteiger partial charge in [0.25, 0.3) is 0 Å². The molecule has 1 amide bonds. The van der Waals surface area contributed by atoms with E-state index >= 15 is 0 Å². The van der Waals surface area contributed by atoms with E-state index in [1.54, 1.807) is 6.92 Å². The van der Waals surface area contributed by atoms with Crippen LogP contribution in [0.5, 0.6) is 0 Å². The first-order valence-corrected chi connectivity index (χ1v) is 8.76. The second-order valence-electron chi connectivity index (χ2n) is 6.82. The number of carboxylic acids is 1. The molecule has 0 aromatic rings. The van der Waals surface area contributed by atoms with Crippen molar-refractivity contribution in [1.29, 1.82) is 0 Å². The van der Waals surface area contributed by atoms with Gasteiger partial charge < -0.3 is 49.8 Å². The quantitative estimate of drug-likeness (QED) is 0.258. The number of hydrogen-bond donors (Lipinski definition) is 6. The zero-order valence-electron chi connectivity index (χ0n) is 15.7. The third kappa shape index (κ3) is 5.41. The molecule has 2 aliphatic rings. The van der Waals surface area contributed by atoms with Crippen LogP contribution >= 0.6 is 0 Å². The molecular weight excluding hydrogens is 394 g/mol. The minimum atomic E-state index is -1.70. The van der Waals surface area contributed by atoms with Crippen molar-refractivity contribution in [3.63, 3.8) is 0 Å². The summed E-state index contributed by atoms with van der Waals surface area (Å²) in [4.78, 5) is 23.0. The second-order valence-corrected chi connectivity index (χ2v) is 6.82. The standard InChI is InChI=1S/C16H27NO11.CH4/c1-5-8(17-6(2)19)12(9(20)7(4-18)26-5)27-16-11(22)10(21)13(25-3)14(28-16)15(23)24;/h5,7-14,16,18,20-22H,4H2,1-3H3,(H,17,19)(H,23,24);1H4/t5-,7?,8?,9+,10+,11?,12+,13-,14?,16+;/m0./s1. The van der Waals surface area contributed by atoms with E-state index in [4.69, 9.17) is 18.9 Å². The molecule has 4 unspecified atom stereocenters. The molecule has 2 fully saturated rings. The van der Waals surface area contributed by atoms with Crippen molar-refractivity contribution in [2.75, 3.05) is 13.7 Å². The number of aliphatic hydroxyl groups excluding tert-OH is 4. The topological polar surface area (TPSA) is 184 Å². The Labute approximate surface area is 168 Å². The number of amides is 1. The molecule has 12 heteroatoms. The fraction of sp³-hybridized carbons (Fsp3) is 0.882. The molecule has 6 N–H and O–H groups in total. The molecule has 0 spiro atoms. The first-order valence-electron chi connectivity index (χ1n) is 8.76. The van der Waals surface area contributed by atoms with Crippen molar-refractivity contribution in [2.24, 2.45) is 0 Å². The first kappa shape index (κ1) is 25.7. The van der Waals surface area contributed by atoms with E-state index in [1.165, 1.54) is 6.92 Å². The van der Waals surface area contributed by atoms with Gasteiger partial charge in [-0.15, -0.1) is 0 Å². The summed E-state index contributed by atoms with van der Waals surface area (Å²) in [5.41, 5.74) is 0. The fourth-order valence-electron chi connectivity index (χ4n) is 3.45. The Hall–Kier alpha value is -1.38. The van der Waals surface area contributed by atoms with Gasteiger partial charge in [-0.25, -0.2) is 4.79 Å². The van der Waals surface area contributed by atoms with E-state index in [2.05, 4.69) is 5.32 Å². The lowest BCUT2D eigenvalue weighted by atomic mass is 9.92. The molecule has 2 heterocycles. The lowest BCUT2D eigenvalue weighted by molar-refractivity contribution is -0.327. The summed E-state index contributed by atoms with van der Waals surface area (Å²) in [6.07, 6.45) is -12.4. The molecule has 0 aromatic heterocycles. The van der Waals surface area contributed by atoms with Crippen LogP contribution in [0.25, 0.3) is 0 Å². The zero-order valence-corrected chi connectivity index (χ0v) is 15.7. The number of carbonyl (C=O) groups excluding carboxylic acids is 1. The van der Waals surface area contributed by atoms with E-state index in [0.717, 1.165) is 7.11 Å². The highest BCUT2D eigenvalue weighted by molar-refractivity contribution is 5.73. The van der Waals surface area contributed by atoms with Crippen molar-refractivity contribution in [3.8, 4) is 0 Å². The Kier molecular flexibility index (Phi) is 9.37. The van der Waals surface area contributed by atoms with Gasteiger partial charge in [-0.05, 0) is 6.92 Å². The molecular formula is C17H31NO11. The molecule has 0 aromatic carbocycles. The van der Waals surface area contributed by atoms with Crippen molar-refractivity contribution in [3.05, 3.63) is 0 Å². The van der Waals surface area contributed by atoms with Crippen LogP contribution in [0.15, 0.2) is 0 Å². The number of ether oxygens (including phenoxy) is 4. The van der Waals surface area contributed by atoms with Crippen LogP contribution in [0.3, 0.4) is 0 Å². The van der Waals surface area contributed by atoms with Gasteiger partial charge in [-0.3, -0.25) is 4.79 Å². The van der Waals surface area contributed by atoms with Gasteiger partial charge in [-0.1, -0.05) is 7.43 Å². The monoisotopic (exact) mass is 425 g/mol. The highest BCUT2D eigenvalue weighted by atomic mass is 16.7. The lowest BCUT2D eigenvalue weighted by Crippen LogP contribution is -2.67. The van der Waals surface area contributed by atoms with E-state index in [0.29, 0.717) is 0 Å². The number of aliphatic hydroxyl groups is 4. The van der Waals surface area contributed by atoms with Crippen molar-refractivity contribution in [2.45, 2.75) is 82.4 Å². The van der Waals surface area contributed by atoms with Crippen molar-refractivity contribution in [1.82, 2.24) is 5.32 Å². The molecule has 0 radical (unpaired) electrons. The van der Waals surface area contributed by atoms with Gasteiger partial charge in [0.15, 0.2) is 12.4 Å². The van der Waals surface area contributed by atoms with Crippen molar-refractivity contribution < 1.29 is 54.1 Å². The lowest BCUT2D eigenvalue weighted by Gasteiger charge is -2.47. The van der Waals surface area contributed by atoms with Crippen molar-refractivity contribution >= 4 is 11.9 Å². The molecule has 12 nitrogen and oxygen atoms in total. The average molecular weight is 425 g/mol. The Morgan fingerprint density at radius 1 is 1.07 bits per heavy atom. The molecule has 29 heavy (non-hydrogen) atoms. The van der Waals surface area contributed by atoms with Crippen LogP contribution in [0.4, 0.5) is 0 Å². The molecule has 10 atom stereocenters. The average Bonchev–Trinajstić information content (AvgIpc) is 2.63. The Morgan fingerprint density at radius 2 is 1.69 bits per heavy atom. The first-order chi connectivity index (χ1) is 13.1. The Morgan fingerprint density at radius 3 is 2.17 bits per heavy atom. The van der Waals surface area contributed by atoms with Crippen LogP contribution in [-0.4, -0.2) is 112 Å². The Bertz CT molecular complexity index is 561. The third-order valence-electron chi connectivity index (χ3n) is 4.87. The molecule has 0 aliphatic carbocycles. The summed E-state index contributed by atoms with van der Waals surface area (Å²) in [7, 11) is 1.16. The molecule has 2 aliphatic heterocycles. The highest BCUT2D eigenvalue weighted by Crippen LogP contribution is 2.30. The van der Waals surface area contributed by atoms with Crippen LogP contribution in [0, 0.1) is 0 Å². The van der Waals surface area contributed by atoms with Gasteiger partial charge in [-0.2, -0.15) is 0 Å². The number of carboxylic acid groups (broad SMARTS) is 1. The maximum absolute atomic E-state index is 11.5. The summed E-state index contributed by atoms with van der Waals surface area (Å²) in [5.74, 6) is -1.89. The summed E-state index contributed by atoms with van der Waals surface area (Å²) >= 11 is 0. The number of rotatable bonds is 6. The summed E-state index contributed by atoms with van der Waals surface area (Å²) in [6.45, 7) is 2.28. The summed E-state index contributed by atoms with van der Waals surface area (Å²) in [6, 6.07) is -0.897. The van der Waals surface area contributed by atoms with E-state index < -0.39 is 79.6 Å². The summed E-state index contributed by atoms with van der Waals surface area (Å²) < 4.78 is 21.2. The molecule has 170 valence electrons. The third-order valence-corrected chi connectivity index (χ3v) is 4.87. The minimum Gasteiger partial charge on any atom is -0.479 e. The predicted molar refractivity (Wildman–Crippen MR) is 95.7 cm³/mol. The highest BCUT2D eigenvalue weighted by Gasteiger charge is 2.52. The zero-order chi connectivity index (χ0) is 21.2. The molecule has 0 saturated carbocycles. The van der Waals surface area contributed by atoms with Gasteiger partial charge in [0.1, 0.15) is 36.6 Å². The molecule has 2 rings (SSSR count). The smallest absolute Gasteiger partial charge is 0.335 e. The van der Waals surface area contributed by atoms with Gasteiger partial charge in [0, 0.05) is 14.0 Å². The normalized spacial score (nSPS) is 42.6. The van der Waals surface area contributed by atoms with E-state index in [-0.39, 0.29) is 7.43 Å². The largest absolute Gasteiger partial charge is 0.479 e. The number of methoxy groups -OCH3 is 1. The number of aliphatic carboxylic acids is 1. The van der Waals surface area contributed by atoms with Crippen LogP contribution in [0.1, 0.15) is 21.3 Å². The fourth-order valence-corrected chi connectivity index (χ4v) is 3.45. The van der Waals surface area contributed by atoms with E-state index in [9.17, 15) is 35.1 Å². The molecule has 0 bridgehead atoms. The van der Waals surface area contributed by atoms with Crippen LogP contribution < -0.4 is 5.32 Å². The predicted octanol–water partition coefficient (Wildman–Crippen LogP) is -2.80. The van der Waals surface area contributed by atoms with Gasteiger partial charge in [0.2, 0.25) is 5.91 Å². The number of carbonyl (C=O) groups is 2. The van der Waals surface area contributed by atoms with Gasteiger partial charge in [0.05, 0.1) is 18.8 Å². The van der Waals surface area contributed by atoms with Gasteiger partial charge >= 0.3 is 5.97 Å². The van der Waals surface area contributed by atoms with Crippen LogP contribution in [-0.2, 0) is 28.5 Å². The van der Waals surface area contributed by atoms with E-state index in [1.807, 2.05) is 0 Å². The molecule has 2 saturated heterocycles. The maximum Gasteiger partial charge on any atom is 0.335 e. The Balaban J connectivity index is 0.00000420. The summed E-state index contributed by atoms with van der Waals surface area (Å²) in [5, 5.41) is 52.2. The maximum atomic E-state index is 11.5. The second kappa shape index (κ2) is 10.6. The number of nitrogens with one attached hydrogen (secondary N) is 1. The number of hydrogen-bond acceptors (Lipinski definition) is 10.